The van der Waals surface area contributed by atoms with Gasteiger partial charge in [-0.1, -0.05) is 6.58 Å². The Morgan fingerprint density at radius 2 is 1.88 bits per heavy atom. The van der Waals surface area contributed by atoms with E-state index in [-0.39, 0.29) is 6.29 Å². The van der Waals surface area contributed by atoms with Crippen LogP contribution in [0.25, 0.3) is 0 Å². The van der Waals surface area contributed by atoms with E-state index in [4.69, 9.17) is 4.79 Å². The van der Waals surface area contributed by atoms with Crippen molar-refractivity contribution in [3.8, 4) is 0 Å². The summed E-state index contributed by atoms with van der Waals surface area (Å²) in [7, 11) is 3.25. The molecule has 0 saturated heterocycles. The van der Waals surface area contributed by atoms with E-state index in [2.05, 4.69) is 11.3 Å². The number of hydrogen-bond acceptors (Lipinski definition) is 2. The zero-order valence-electron chi connectivity index (χ0n) is 4.98. The van der Waals surface area contributed by atoms with Crippen LogP contribution in [0, 0.1) is 0 Å². The molecule has 0 aromatic carbocycles. The first kappa shape index (κ1) is 10.3. The molecule has 0 unspecified atom stereocenters. The predicted molar refractivity (Wildman–Crippen MR) is 29.2 cm³/mol. The first-order valence-electron chi connectivity index (χ1n) is 1.88. The van der Waals surface area contributed by atoms with Crippen LogP contribution in [0.2, 0.25) is 0 Å². The summed E-state index contributed by atoms with van der Waals surface area (Å²) in [5.74, 6) is -0.926. The molecule has 48 valence electrons. The highest BCUT2D eigenvalue weighted by Crippen LogP contribution is 1.77. The Balaban J connectivity index is 0. The molecule has 0 aliphatic heterocycles. The van der Waals surface area contributed by atoms with Gasteiger partial charge >= 0.3 is 0 Å². The Labute approximate surface area is 48.0 Å². The molecule has 2 nitrogen and oxygen atoms in total. The molecule has 0 fully saturated rings. The maximum Gasteiger partial charge on any atom is 0.177 e. The van der Waals surface area contributed by atoms with Gasteiger partial charge in [0.2, 0.25) is 0 Å². The van der Waals surface area contributed by atoms with Crippen molar-refractivity contribution >= 4 is 6.29 Å². The molecule has 0 aliphatic rings. The van der Waals surface area contributed by atoms with Crippen molar-refractivity contribution in [3.63, 3.8) is 0 Å². The highest BCUT2D eigenvalue weighted by atomic mass is 19.1. The van der Waals surface area contributed by atoms with Crippen LogP contribution in [0.5, 0.6) is 0 Å². The van der Waals surface area contributed by atoms with Crippen molar-refractivity contribution in [2.24, 2.45) is 0 Å². The third-order valence-electron chi connectivity index (χ3n) is 0.128. The fourth-order valence-corrected chi connectivity index (χ4v) is 0. The maximum absolute atomic E-state index is 10.9. The zero-order valence-corrected chi connectivity index (χ0v) is 4.98. The lowest BCUT2D eigenvalue weighted by molar-refractivity contribution is -0.106. The summed E-state index contributed by atoms with van der Waals surface area (Å²) in [6.45, 7) is 2.64. The van der Waals surface area contributed by atoms with Crippen LogP contribution < -0.4 is 0 Å². The third kappa shape index (κ3) is 58.0. The Hall–Kier alpha value is -0.700. The Bertz CT molecular complexity index is 70.8. The van der Waals surface area contributed by atoms with Gasteiger partial charge < -0.3 is 4.74 Å². The Morgan fingerprint density at radius 3 is 1.88 bits per heavy atom. The van der Waals surface area contributed by atoms with Crippen LogP contribution >= 0.6 is 0 Å². The molecule has 0 rings (SSSR count). The molecule has 0 aromatic heterocycles. The first-order chi connectivity index (χ1) is 3.68. The van der Waals surface area contributed by atoms with Crippen molar-refractivity contribution in [2.75, 3.05) is 14.2 Å². The SMILES string of the molecule is C=C(F)C=O.COC. The molecule has 8 heavy (non-hydrogen) atoms. The lowest BCUT2D eigenvalue weighted by atomic mass is 10.7. The van der Waals surface area contributed by atoms with Crippen molar-refractivity contribution < 1.29 is 13.9 Å². The lowest BCUT2D eigenvalue weighted by Gasteiger charge is -1.61. The van der Waals surface area contributed by atoms with Gasteiger partial charge in [-0.25, -0.2) is 4.39 Å². The summed E-state index contributed by atoms with van der Waals surface area (Å²) < 4.78 is 15.1. The number of carbonyl (C=O) groups is 1. The normalized spacial score (nSPS) is 6.38. The Morgan fingerprint density at radius 1 is 1.75 bits per heavy atom. The second-order valence-corrected chi connectivity index (χ2v) is 0.973. The summed E-state index contributed by atoms with van der Waals surface area (Å²) in [6.07, 6.45) is 0.0556. The highest BCUT2D eigenvalue weighted by Gasteiger charge is 1.73. The van der Waals surface area contributed by atoms with Gasteiger partial charge in [0.05, 0.1) is 0 Å². The number of aldehydes is 1. The van der Waals surface area contributed by atoms with E-state index in [1.807, 2.05) is 0 Å². The zero-order chi connectivity index (χ0) is 6.99. The van der Waals surface area contributed by atoms with Gasteiger partial charge in [-0.15, -0.1) is 0 Å². The average molecular weight is 120 g/mol. The van der Waals surface area contributed by atoms with Gasteiger partial charge in [-0.2, -0.15) is 0 Å². The van der Waals surface area contributed by atoms with Crippen molar-refractivity contribution in [1.29, 1.82) is 0 Å². The van der Waals surface area contributed by atoms with E-state index in [1.54, 1.807) is 14.2 Å². The summed E-state index contributed by atoms with van der Waals surface area (Å²) in [5.41, 5.74) is 0. The fourth-order valence-electron chi connectivity index (χ4n) is 0. The van der Waals surface area contributed by atoms with Crippen LogP contribution in [0.15, 0.2) is 12.4 Å². The van der Waals surface area contributed by atoms with Crippen molar-refractivity contribution in [2.45, 2.75) is 0 Å². The highest BCUT2D eigenvalue weighted by molar-refractivity contribution is 5.68. The molecule has 0 spiro atoms. The minimum absolute atomic E-state index is 0.0556. The maximum atomic E-state index is 10.9. The summed E-state index contributed by atoms with van der Waals surface area (Å²) in [6, 6.07) is 0. The van der Waals surface area contributed by atoms with E-state index < -0.39 is 5.83 Å². The van der Waals surface area contributed by atoms with E-state index in [0.29, 0.717) is 0 Å². The number of carbonyl (C=O) groups excluding carboxylic acids is 1. The summed E-state index contributed by atoms with van der Waals surface area (Å²) in [4.78, 5) is 9.03. The Kier molecular flexibility index (Phi) is 12.3. The molecule has 0 bridgehead atoms. The number of allylic oxidation sites excluding steroid dienone is 1. The smallest absolute Gasteiger partial charge is 0.177 e. The molecule has 0 radical (unpaired) electrons. The van der Waals surface area contributed by atoms with Gasteiger partial charge in [0.1, 0.15) is 0 Å². The summed E-state index contributed by atoms with van der Waals surface area (Å²) >= 11 is 0. The standard InChI is InChI=1S/C3H3FO.C2H6O/c1-3(4)2-5;1-3-2/h2H,1H2;1-2H3. The van der Waals surface area contributed by atoms with Crippen LogP contribution in [0.1, 0.15) is 0 Å². The molecule has 0 amide bonds. The quantitative estimate of drug-likeness (QED) is 0.380. The molecule has 3 heteroatoms. The van der Waals surface area contributed by atoms with Crippen LogP contribution in [0.4, 0.5) is 4.39 Å². The third-order valence-corrected chi connectivity index (χ3v) is 0.128. The van der Waals surface area contributed by atoms with Gasteiger partial charge in [0.25, 0.3) is 0 Å². The van der Waals surface area contributed by atoms with Crippen LogP contribution in [-0.2, 0) is 9.53 Å². The number of halogens is 1. The monoisotopic (exact) mass is 120 g/mol. The van der Waals surface area contributed by atoms with Gasteiger partial charge in [0.15, 0.2) is 12.1 Å². The minimum Gasteiger partial charge on any atom is -0.388 e. The van der Waals surface area contributed by atoms with Crippen LogP contribution in [0.3, 0.4) is 0 Å². The molecular formula is C5H9FO2. The summed E-state index contributed by atoms with van der Waals surface area (Å²) in [5, 5.41) is 0. The molecule has 0 aliphatic carbocycles. The molecule has 0 N–H and O–H groups in total. The number of methoxy groups -OCH3 is 1. The van der Waals surface area contributed by atoms with Crippen molar-refractivity contribution in [1.82, 2.24) is 0 Å². The molecule has 0 aromatic rings. The minimum atomic E-state index is -0.926. The lowest BCUT2D eigenvalue weighted by Crippen LogP contribution is -1.62. The average Bonchev–Trinajstić information content (AvgIpc) is 1.69. The topological polar surface area (TPSA) is 26.3 Å². The first-order valence-corrected chi connectivity index (χ1v) is 1.88. The van der Waals surface area contributed by atoms with E-state index in [1.165, 1.54) is 0 Å². The van der Waals surface area contributed by atoms with Crippen LogP contribution in [-0.4, -0.2) is 20.5 Å². The predicted octanol–water partition coefficient (Wildman–Crippen LogP) is 0.931. The number of rotatable bonds is 1. The largest absolute Gasteiger partial charge is 0.388 e. The second kappa shape index (κ2) is 9.57. The molecular weight excluding hydrogens is 111 g/mol. The van der Waals surface area contributed by atoms with Gasteiger partial charge in [0, 0.05) is 14.2 Å². The van der Waals surface area contributed by atoms with E-state index in [0.717, 1.165) is 0 Å². The van der Waals surface area contributed by atoms with E-state index in [9.17, 15) is 4.39 Å². The number of ether oxygens (including phenoxy) is 1. The second-order valence-electron chi connectivity index (χ2n) is 0.973. The van der Waals surface area contributed by atoms with Gasteiger partial charge in [-0.3, -0.25) is 4.79 Å². The fraction of sp³-hybridized carbons (Fsp3) is 0.400. The number of hydrogen-bond donors (Lipinski definition) is 0. The molecule has 0 atom stereocenters. The molecule has 0 heterocycles. The van der Waals surface area contributed by atoms with Gasteiger partial charge in [-0.05, 0) is 0 Å². The van der Waals surface area contributed by atoms with E-state index >= 15 is 0 Å². The van der Waals surface area contributed by atoms with Crippen molar-refractivity contribution in [3.05, 3.63) is 12.4 Å². The molecule has 0 saturated carbocycles.